The fourth-order valence-electron chi connectivity index (χ4n) is 3.01. The van der Waals surface area contributed by atoms with Crippen molar-refractivity contribution in [1.82, 2.24) is 5.32 Å². The lowest BCUT2D eigenvalue weighted by Crippen LogP contribution is -2.21. The molecule has 84 valence electrons. The van der Waals surface area contributed by atoms with E-state index in [1.165, 1.54) is 35.3 Å². The molecule has 0 aromatic carbocycles. The van der Waals surface area contributed by atoms with Gasteiger partial charge in [0.1, 0.15) is 0 Å². The number of hydrogen-bond donors (Lipinski definition) is 1. The molecule has 0 fully saturated rings. The summed E-state index contributed by atoms with van der Waals surface area (Å²) in [5, 5.41) is 3.29. The van der Waals surface area contributed by atoms with Crippen molar-refractivity contribution in [3.63, 3.8) is 0 Å². The van der Waals surface area contributed by atoms with Crippen LogP contribution in [0.5, 0.6) is 0 Å². The van der Waals surface area contributed by atoms with E-state index in [1.54, 1.807) is 0 Å². The summed E-state index contributed by atoms with van der Waals surface area (Å²) in [6.45, 7) is 2.66. The van der Waals surface area contributed by atoms with E-state index in [4.69, 9.17) is 0 Å². The summed E-state index contributed by atoms with van der Waals surface area (Å²) in [4.78, 5) is 12.0. The lowest BCUT2D eigenvalue weighted by Gasteiger charge is -2.19. The van der Waals surface area contributed by atoms with Crippen molar-refractivity contribution in [1.29, 1.82) is 0 Å². The van der Waals surface area contributed by atoms with Gasteiger partial charge in [0.2, 0.25) is 0 Å². The van der Waals surface area contributed by atoms with Crippen molar-refractivity contribution >= 4 is 5.78 Å². The number of carbonyl (C=O) groups excluding carboxylic acids is 1. The predicted octanol–water partition coefficient (Wildman–Crippen LogP) is 2.63. The topological polar surface area (TPSA) is 29.1 Å². The number of ketones is 1. The van der Waals surface area contributed by atoms with Crippen molar-refractivity contribution in [3.05, 3.63) is 34.1 Å². The molecule has 2 nitrogen and oxygen atoms in total. The fourth-order valence-corrected chi connectivity index (χ4v) is 3.01. The van der Waals surface area contributed by atoms with Gasteiger partial charge < -0.3 is 5.32 Å². The van der Waals surface area contributed by atoms with Crippen LogP contribution in [0.15, 0.2) is 34.1 Å². The SMILES string of the molecule is CC1=CC2=C(C1)C1=C(CCCC1)C(=O)CN2. The molecule has 1 heterocycles. The number of hydrogen-bond acceptors (Lipinski definition) is 2. The first-order chi connectivity index (χ1) is 7.75. The van der Waals surface area contributed by atoms with Crippen molar-refractivity contribution < 1.29 is 4.79 Å². The van der Waals surface area contributed by atoms with Crippen molar-refractivity contribution in [2.24, 2.45) is 0 Å². The van der Waals surface area contributed by atoms with Crippen LogP contribution < -0.4 is 5.32 Å². The maximum absolute atomic E-state index is 12.0. The smallest absolute Gasteiger partial charge is 0.178 e. The van der Waals surface area contributed by atoms with Crippen LogP contribution in [0.25, 0.3) is 0 Å². The number of fused-ring (bicyclic) bond motifs is 1. The van der Waals surface area contributed by atoms with Crippen LogP contribution in [0.2, 0.25) is 0 Å². The number of carbonyl (C=O) groups is 1. The number of allylic oxidation sites excluding steroid dienone is 4. The van der Waals surface area contributed by atoms with Gasteiger partial charge in [-0.05, 0) is 56.3 Å². The number of Topliss-reactive ketones (excluding diaryl/α,β-unsaturated/α-hetero) is 1. The predicted molar refractivity (Wildman–Crippen MR) is 63.9 cm³/mol. The zero-order valence-electron chi connectivity index (χ0n) is 9.73. The molecule has 1 N–H and O–H groups in total. The maximum atomic E-state index is 12.0. The van der Waals surface area contributed by atoms with Gasteiger partial charge in [-0.2, -0.15) is 0 Å². The molecule has 3 rings (SSSR count). The van der Waals surface area contributed by atoms with E-state index in [0.717, 1.165) is 24.8 Å². The molecule has 0 spiro atoms. The van der Waals surface area contributed by atoms with Crippen LogP contribution in [-0.4, -0.2) is 12.3 Å². The third kappa shape index (κ3) is 1.44. The average Bonchev–Trinajstić information content (AvgIpc) is 2.62. The van der Waals surface area contributed by atoms with Gasteiger partial charge >= 0.3 is 0 Å². The summed E-state index contributed by atoms with van der Waals surface area (Å²) < 4.78 is 0. The Morgan fingerprint density at radius 1 is 1.12 bits per heavy atom. The van der Waals surface area contributed by atoms with Crippen LogP contribution in [0.1, 0.15) is 39.0 Å². The lowest BCUT2D eigenvalue weighted by molar-refractivity contribution is -0.114. The van der Waals surface area contributed by atoms with Gasteiger partial charge in [-0.3, -0.25) is 4.79 Å². The van der Waals surface area contributed by atoms with Crippen LogP contribution in [0, 0.1) is 0 Å². The van der Waals surface area contributed by atoms with Crippen molar-refractivity contribution in [2.75, 3.05) is 6.54 Å². The summed E-state index contributed by atoms with van der Waals surface area (Å²) in [5.74, 6) is 0.315. The largest absolute Gasteiger partial charge is 0.377 e. The van der Waals surface area contributed by atoms with E-state index in [2.05, 4.69) is 18.3 Å². The van der Waals surface area contributed by atoms with Crippen LogP contribution in [0.4, 0.5) is 0 Å². The summed E-state index contributed by atoms with van der Waals surface area (Å²) in [5.41, 5.74) is 6.50. The van der Waals surface area contributed by atoms with Crippen LogP contribution in [-0.2, 0) is 4.79 Å². The molecule has 2 heteroatoms. The minimum Gasteiger partial charge on any atom is -0.377 e. The second-order valence-electron chi connectivity index (χ2n) is 5.00. The molecule has 0 radical (unpaired) electrons. The first kappa shape index (κ1) is 9.88. The Balaban J connectivity index is 2.07. The molecule has 0 aromatic rings. The van der Waals surface area contributed by atoms with Crippen molar-refractivity contribution in [2.45, 2.75) is 39.0 Å². The molecule has 2 aliphatic carbocycles. The summed E-state index contributed by atoms with van der Waals surface area (Å²) in [7, 11) is 0. The van der Waals surface area contributed by atoms with Gasteiger partial charge in [-0.25, -0.2) is 0 Å². The third-order valence-electron chi connectivity index (χ3n) is 3.78. The highest BCUT2D eigenvalue weighted by Crippen LogP contribution is 2.38. The van der Waals surface area contributed by atoms with Gasteiger partial charge in [-0.1, -0.05) is 5.57 Å². The fraction of sp³-hybridized carbons (Fsp3) is 0.500. The summed E-state index contributed by atoms with van der Waals surface area (Å²) in [6.07, 6.45) is 7.75. The highest BCUT2D eigenvalue weighted by Gasteiger charge is 2.27. The molecular formula is C14H17NO. The number of rotatable bonds is 0. The Hall–Kier alpha value is -1.31. The molecule has 0 atom stereocenters. The second kappa shape index (κ2) is 3.62. The van der Waals surface area contributed by atoms with E-state index in [0.29, 0.717) is 12.3 Å². The summed E-state index contributed by atoms with van der Waals surface area (Å²) >= 11 is 0. The molecule has 0 unspecified atom stereocenters. The van der Waals surface area contributed by atoms with E-state index in [1.807, 2.05) is 0 Å². The minimum atomic E-state index is 0.315. The minimum absolute atomic E-state index is 0.315. The van der Waals surface area contributed by atoms with Crippen molar-refractivity contribution in [3.8, 4) is 0 Å². The van der Waals surface area contributed by atoms with Crippen LogP contribution >= 0.6 is 0 Å². The van der Waals surface area contributed by atoms with E-state index >= 15 is 0 Å². The first-order valence-corrected chi connectivity index (χ1v) is 6.15. The summed E-state index contributed by atoms with van der Waals surface area (Å²) in [6, 6.07) is 0. The Morgan fingerprint density at radius 2 is 1.88 bits per heavy atom. The normalized spacial score (nSPS) is 24.8. The van der Waals surface area contributed by atoms with Gasteiger partial charge in [0.15, 0.2) is 5.78 Å². The van der Waals surface area contributed by atoms with Gasteiger partial charge in [0, 0.05) is 11.3 Å². The maximum Gasteiger partial charge on any atom is 0.178 e. The quantitative estimate of drug-likeness (QED) is 0.673. The zero-order chi connectivity index (χ0) is 11.1. The van der Waals surface area contributed by atoms with Gasteiger partial charge in [0.05, 0.1) is 6.54 Å². The molecule has 3 aliphatic rings. The van der Waals surface area contributed by atoms with Gasteiger partial charge in [-0.15, -0.1) is 0 Å². The molecule has 0 amide bonds. The first-order valence-electron chi connectivity index (χ1n) is 6.15. The Bertz CT molecular complexity index is 451. The molecule has 0 bridgehead atoms. The molecule has 1 aliphatic heterocycles. The van der Waals surface area contributed by atoms with Crippen LogP contribution in [0.3, 0.4) is 0 Å². The Morgan fingerprint density at radius 3 is 2.69 bits per heavy atom. The number of nitrogens with one attached hydrogen (secondary N) is 1. The second-order valence-corrected chi connectivity index (χ2v) is 5.00. The molecular weight excluding hydrogens is 198 g/mol. The highest BCUT2D eigenvalue weighted by molar-refractivity contribution is 5.99. The monoisotopic (exact) mass is 215 g/mol. The van der Waals surface area contributed by atoms with E-state index < -0.39 is 0 Å². The zero-order valence-corrected chi connectivity index (χ0v) is 9.73. The molecule has 16 heavy (non-hydrogen) atoms. The lowest BCUT2D eigenvalue weighted by atomic mass is 9.85. The molecule has 0 aromatic heterocycles. The third-order valence-corrected chi connectivity index (χ3v) is 3.78. The van der Waals surface area contributed by atoms with E-state index in [-0.39, 0.29) is 0 Å². The van der Waals surface area contributed by atoms with E-state index in [9.17, 15) is 4.79 Å². The Labute approximate surface area is 96.1 Å². The standard InChI is InChI=1S/C14H17NO/c1-9-6-12-10-4-2-3-5-11(10)14(16)8-15-13(12)7-9/h7,15H,2-6,8H2,1H3. The molecule has 0 saturated heterocycles. The van der Waals surface area contributed by atoms with Gasteiger partial charge in [0.25, 0.3) is 0 Å². The molecule has 0 saturated carbocycles. The average molecular weight is 215 g/mol. The Kier molecular flexibility index (Phi) is 2.23. The highest BCUT2D eigenvalue weighted by atomic mass is 16.1.